The third kappa shape index (κ3) is 8.26. The van der Waals surface area contributed by atoms with Crippen LogP contribution in [-0.2, 0) is 9.53 Å². The zero-order chi connectivity index (χ0) is 16.4. The van der Waals surface area contributed by atoms with Crippen LogP contribution in [0.25, 0.3) is 0 Å². The van der Waals surface area contributed by atoms with Crippen molar-refractivity contribution in [2.45, 2.75) is 40.0 Å². The largest absolute Gasteiger partial charge is 0.470 e. The van der Waals surface area contributed by atoms with Crippen LogP contribution >= 0.6 is 24.8 Å². The van der Waals surface area contributed by atoms with Crippen molar-refractivity contribution in [2.75, 3.05) is 19.7 Å². The van der Waals surface area contributed by atoms with E-state index in [9.17, 15) is 4.79 Å². The maximum atomic E-state index is 11.8. The third-order valence-electron chi connectivity index (χ3n) is 3.59. The summed E-state index contributed by atoms with van der Waals surface area (Å²) in [4.78, 5) is 22.9. The van der Waals surface area contributed by atoms with Gasteiger partial charge >= 0.3 is 0 Å². The van der Waals surface area contributed by atoms with E-state index in [4.69, 9.17) is 21.7 Å². The number of carbonyl (C=O) groups excluding carboxylic acids is 2. The molecule has 1 fully saturated rings. The number of nitrogens with zero attached hydrogens (tertiary/aromatic N) is 1. The minimum absolute atomic E-state index is 0.0391. The number of thiocarbonyl (C=S) groups is 1. The molecule has 2 unspecified atom stereocenters. The van der Waals surface area contributed by atoms with Gasteiger partial charge in [0.05, 0.1) is 5.92 Å². The molecular weight excluding hydrogens is 308 g/mol. The van der Waals surface area contributed by atoms with Gasteiger partial charge in [-0.1, -0.05) is 19.6 Å². The van der Waals surface area contributed by atoms with E-state index in [0.29, 0.717) is 29.9 Å². The summed E-state index contributed by atoms with van der Waals surface area (Å²) in [5.74, 6) is 0.805. The molecule has 0 heterocycles. The molecule has 1 saturated carbocycles. The van der Waals surface area contributed by atoms with Gasteiger partial charge in [0, 0.05) is 19.5 Å². The van der Waals surface area contributed by atoms with Crippen molar-refractivity contribution in [3.63, 3.8) is 0 Å². The number of nitrogens with two attached hydrogens (primary N) is 1. The Kier molecular flexibility index (Phi) is 10.4. The fraction of sp³-hybridized carbons (Fsp3) is 0.786. The molecule has 1 amide bonds. The Bertz CT molecular complexity index is 356. The number of Topliss-reactive ketones (excluding diaryl/α,β-unsaturated/α-hetero) is 1. The molecule has 0 radical (unpaired) electrons. The van der Waals surface area contributed by atoms with Crippen molar-refractivity contribution in [3.8, 4) is 0 Å². The van der Waals surface area contributed by atoms with Crippen LogP contribution in [0.1, 0.15) is 40.0 Å². The Morgan fingerprint density at radius 1 is 1.48 bits per heavy atom. The van der Waals surface area contributed by atoms with Gasteiger partial charge in [0.15, 0.2) is 0 Å². The summed E-state index contributed by atoms with van der Waals surface area (Å²) in [5.41, 5.74) is 4.34. The lowest BCUT2D eigenvalue weighted by Crippen LogP contribution is -2.36. The molecule has 0 aliphatic heterocycles. The maximum absolute atomic E-state index is 11.8. The second-order valence-corrected chi connectivity index (χ2v) is 5.82. The van der Waals surface area contributed by atoms with Crippen molar-refractivity contribution in [1.29, 1.82) is 0 Å². The molecule has 1 aliphatic rings. The number of ketones is 1. The second kappa shape index (κ2) is 10.8. The minimum Gasteiger partial charge on any atom is -0.470 e. The second-order valence-electron chi connectivity index (χ2n) is 5.03. The Morgan fingerprint density at radius 2 is 2.00 bits per heavy atom. The number of ether oxygens (including phenoxy) is 1. The number of thiol groups is 1. The van der Waals surface area contributed by atoms with Gasteiger partial charge in [-0.25, -0.2) is 0 Å². The van der Waals surface area contributed by atoms with Gasteiger partial charge in [-0.2, -0.15) is 0 Å². The first-order valence-corrected chi connectivity index (χ1v) is 8.11. The molecule has 1 rings (SSSR count). The van der Waals surface area contributed by atoms with Crippen LogP contribution in [0.2, 0.25) is 0 Å². The van der Waals surface area contributed by atoms with Crippen molar-refractivity contribution in [3.05, 3.63) is 0 Å². The maximum Gasteiger partial charge on any atom is 0.273 e. The van der Waals surface area contributed by atoms with Crippen molar-refractivity contribution < 1.29 is 14.3 Å². The van der Waals surface area contributed by atoms with Gasteiger partial charge in [0.1, 0.15) is 12.4 Å². The zero-order valence-corrected chi connectivity index (χ0v) is 14.7. The van der Waals surface area contributed by atoms with E-state index in [2.05, 4.69) is 25.3 Å². The van der Waals surface area contributed by atoms with Crippen LogP contribution in [0.5, 0.6) is 0 Å². The molecule has 1 aliphatic carbocycles. The Labute approximate surface area is 138 Å². The average molecular weight is 335 g/mol. The highest BCUT2D eigenvalue weighted by molar-refractivity contribution is 7.96. The van der Waals surface area contributed by atoms with Crippen LogP contribution in [0, 0.1) is 11.8 Å². The van der Waals surface area contributed by atoms with Crippen LogP contribution < -0.4 is 5.73 Å². The number of amides is 1. The first kappa shape index (κ1) is 20.2. The number of carbonyl (C=O) groups is 2. The SMILES string of the molecule is CCN(CC)C(=S)OCC1C(=O)CCCC1C.NC(=O)S. The average Bonchev–Trinajstić information content (AvgIpc) is 2.39. The Balaban J connectivity index is 0.000000885. The highest BCUT2D eigenvalue weighted by Gasteiger charge is 2.29. The monoisotopic (exact) mass is 334 g/mol. The number of hydrogen-bond donors (Lipinski definition) is 2. The van der Waals surface area contributed by atoms with Crippen LogP contribution in [0.3, 0.4) is 0 Å². The molecule has 7 heteroatoms. The Hall–Kier alpha value is -0.820. The van der Waals surface area contributed by atoms with Gasteiger partial charge in [0.25, 0.3) is 10.4 Å². The fourth-order valence-corrected chi connectivity index (χ4v) is 2.62. The molecule has 0 aromatic heterocycles. The lowest BCUT2D eigenvalue weighted by molar-refractivity contribution is -0.127. The van der Waals surface area contributed by atoms with E-state index in [1.54, 1.807) is 0 Å². The van der Waals surface area contributed by atoms with Crippen molar-refractivity contribution in [2.24, 2.45) is 17.6 Å². The van der Waals surface area contributed by atoms with E-state index >= 15 is 0 Å². The van der Waals surface area contributed by atoms with Crippen LogP contribution in [0.15, 0.2) is 0 Å². The molecule has 0 spiro atoms. The molecule has 2 N–H and O–H groups in total. The van der Waals surface area contributed by atoms with Gasteiger partial charge in [-0.3, -0.25) is 9.59 Å². The topological polar surface area (TPSA) is 72.6 Å². The summed E-state index contributed by atoms with van der Waals surface area (Å²) < 4.78 is 5.60. The fourth-order valence-electron chi connectivity index (χ4n) is 2.29. The van der Waals surface area contributed by atoms with E-state index < -0.39 is 5.24 Å². The molecule has 21 heavy (non-hydrogen) atoms. The first-order chi connectivity index (χ1) is 9.83. The molecule has 0 saturated heterocycles. The highest BCUT2D eigenvalue weighted by atomic mass is 32.1. The molecular formula is C14H26N2O3S2. The third-order valence-corrected chi connectivity index (χ3v) is 3.97. The van der Waals surface area contributed by atoms with Crippen LogP contribution in [-0.4, -0.2) is 40.8 Å². The summed E-state index contributed by atoms with van der Waals surface area (Å²) in [7, 11) is 0. The van der Waals surface area contributed by atoms with E-state index in [1.165, 1.54) is 0 Å². The summed E-state index contributed by atoms with van der Waals surface area (Å²) in [5, 5.41) is -0.111. The standard InChI is InChI=1S/C13H23NO2S.CH3NOS/c1-4-14(5-2)13(17)16-9-11-10(3)7-6-8-12(11)15;2-1(3)4/h10-11H,4-9H2,1-3H3;(H3,2,3,4). The van der Waals surface area contributed by atoms with Crippen molar-refractivity contribution >= 4 is 41.0 Å². The lowest BCUT2D eigenvalue weighted by atomic mass is 9.80. The summed E-state index contributed by atoms with van der Waals surface area (Å²) in [6.45, 7) is 8.38. The zero-order valence-electron chi connectivity index (χ0n) is 13.0. The lowest BCUT2D eigenvalue weighted by Gasteiger charge is -2.29. The summed E-state index contributed by atoms with van der Waals surface area (Å²) in [6.07, 6.45) is 2.85. The van der Waals surface area contributed by atoms with E-state index in [0.717, 1.165) is 25.9 Å². The van der Waals surface area contributed by atoms with E-state index in [1.807, 2.05) is 18.7 Å². The Morgan fingerprint density at radius 3 is 2.43 bits per heavy atom. The molecule has 2 atom stereocenters. The molecule has 0 aromatic carbocycles. The summed E-state index contributed by atoms with van der Waals surface area (Å²) in [6, 6.07) is 0. The first-order valence-electron chi connectivity index (χ1n) is 7.26. The van der Waals surface area contributed by atoms with Crippen LogP contribution in [0.4, 0.5) is 4.79 Å². The quantitative estimate of drug-likeness (QED) is 0.611. The minimum atomic E-state index is -0.639. The predicted octanol–water partition coefficient (Wildman–Crippen LogP) is 2.63. The molecule has 0 bridgehead atoms. The molecule has 5 nitrogen and oxygen atoms in total. The van der Waals surface area contributed by atoms with Crippen molar-refractivity contribution in [1.82, 2.24) is 4.90 Å². The molecule has 0 aromatic rings. The van der Waals surface area contributed by atoms with Gasteiger partial charge in [-0.05, 0) is 44.8 Å². The summed E-state index contributed by atoms with van der Waals surface area (Å²) >= 11 is 8.32. The van der Waals surface area contributed by atoms with Gasteiger partial charge in [-0.15, -0.1) is 0 Å². The van der Waals surface area contributed by atoms with E-state index in [-0.39, 0.29) is 5.92 Å². The number of primary amides is 1. The normalized spacial score (nSPS) is 21.0. The van der Waals surface area contributed by atoms with Gasteiger partial charge < -0.3 is 15.4 Å². The predicted molar refractivity (Wildman–Crippen MR) is 91.6 cm³/mol. The smallest absolute Gasteiger partial charge is 0.273 e. The highest BCUT2D eigenvalue weighted by Crippen LogP contribution is 2.27. The molecule has 122 valence electrons. The van der Waals surface area contributed by atoms with Gasteiger partial charge in [0.2, 0.25) is 0 Å². The number of rotatable bonds is 4. The number of hydrogen-bond acceptors (Lipinski definition) is 4.